The molecular formula is C22H21N5O2S. The minimum Gasteiger partial charge on any atom is -0.325 e. The van der Waals surface area contributed by atoms with E-state index in [9.17, 15) is 9.59 Å². The quantitative estimate of drug-likeness (QED) is 0.444. The average Bonchev–Trinajstić information content (AvgIpc) is 3.11. The van der Waals surface area contributed by atoms with Gasteiger partial charge in [0.15, 0.2) is 10.9 Å². The van der Waals surface area contributed by atoms with E-state index in [1.807, 2.05) is 37.3 Å². The summed E-state index contributed by atoms with van der Waals surface area (Å²) < 4.78 is 1.72. The SMILES string of the molecule is CCc1ccccc1NC(=O)Cc1nnc(SCC(=O)c2ccc(C#N)cc2)n1C. The highest BCUT2D eigenvalue weighted by Crippen LogP contribution is 2.19. The minimum atomic E-state index is -0.170. The molecule has 0 aliphatic rings. The number of para-hydroxylation sites is 1. The van der Waals surface area contributed by atoms with Crippen molar-refractivity contribution in [2.45, 2.75) is 24.9 Å². The number of anilines is 1. The Bertz CT molecular complexity index is 1100. The van der Waals surface area contributed by atoms with Gasteiger partial charge in [-0.25, -0.2) is 0 Å². The lowest BCUT2D eigenvalue weighted by Crippen LogP contribution is -2.18. The molecule has 1 heterocycles. The van der Waals surface area contributed by atoms with Crippen LogP contribution in [-0.2, 0) is 24.7 Å². The number of hydrogen-bond acceptors (Lipinski definition) is 6. The topological polar surface area (TPSA) is 101 Å². The van der Waals surface area contributed by atoms with Crippen molar-refractivity contribution in [1.29, 1.82) is 5.26 Å². The molecule has 0 radical (unpaired) electrons. The van der Waals surface area contributed by atoms with Crippen molar-refractivity contribution in [3.8, 4) is 6.07 Å². The van der Waals surface area contributed by atoms with E-state index in [1.54, 1.807) is 35.9 Å². The van der Waals surface area contributed by atoms with Gasteiger partial charge in [0.2, 0.25) is 5.91 Å². The first-order chi connectivity index (χ1) is 14.5. The maximum Gasteiger partial charge on any atom is 0.232 e. The molecule has 3 aromatic rings. The normalized spacial score (nSPS) is 10.4. The molecule has 1 N–H and O–H groups in total. The molecule has 2 aromatic carbocycles. The molecule has 3 rings (SSSR count). The van der Waals surface area contributed by atoms with Crippen LogP contribution in [-0.4, -0.2) is 32.2 Å². The van der Waals surface area contributed by atoms with E-state index in [2.05, 4.69) is 15.5 Å². The number of carbonyl (C=O) groups is 2. The Morgan fingerprint density at radius 1 is 1.13 bits per heavy atom. The molecular weight excluding hydrogens is 398 g/mol. The van der Waals surface area contributed by atoms with E-state index >= 15 is 0 Å². The van der Waals surface area contributed by atoms with Gasteiger partial charge in [0.05, 0.1) is 23.8 Å². The van der Waals surface area contributed by atoms with E-state index in [0.29, 0.717) is 22.1 Å². The fraction of sp³-hybridized carbons (Fsp3) is 0.227. The second-order valence-electron chi connectivity index (χ2n) is 6.59. The molecule has 0 aliphatic heterocycles. The van der Waals surface area contributed by atoms with Crippen LogP contribution in [0, 0.1) is 11.3 Å². The number of amides is 1. The fourth-order valence-electron chi connectivity index (χ4n) is 2.86. The van der Waals surface area contributed by atoms with E-state index in [4.69, 9.17) is 5.26 Å². The lowest BCUT2D eigenvalue weighted by Gasteiger charge is -2.09. The Labute approximate surface area is 179 Å². The molecule has 0 spiro atoms. The van der Waals surface area contributed by atoms with Crippen molar-refractivity contribution in [2.75, 3.05) is 11.1 Å². The van der Waals surface area contributed by atoms with Gasteiger partial charge in [-0.2, -0.15) is 5.26 Å². The summed E-state index contributed by atoms with van der Waals surface area (Å²) in [5, 5.41) is 20.5. The van der Waals surface area contributed by atoms with Crippen molar-refractivity contribution < 1.29 is 9.59 Å². The zero-order valence-corrected chi connectivity index (χ0v) is 17.6. The molecule has 0 aliphatic carbocycles. The summed E-state index contributed by atoms with van der Waals surface area (Å²) in [6.07, 6.45) is 0.917. The van der Waals surface area contributed by atoms with Crippen LogP contribution in [0.1, 0.15) is 34.2 Å². The van der Waals surface area contributed by atoms with Gasteiger partial charge in [-0.1, -0.05) is 49.0 Å². The van der Waals surface area contributed by atoms with Crippen LogP contribution in [0.4, 0.5) is 5.69 Å². The van der Waals surface area contributed by atoms with Gasteiger partial charge < -0.3 is 9.88 Å². The van der Waals surface area contributed by atoms with Crippen LogP contribution >= 0.6 is 11.8 Å². The Balaban J connectivity index is 1.59. The standard InChI is InChI=1S/C22H21N5O2S/c1-3-16-6-4-5-7-18(16)24-21(29)12-20-25-26-22(27(20)2)30-14-19(28)17-10-8-15(13-23)9-11-17/h4-11H,3,12,14H2,1-2H3,(H,24,29). The lowest BCUT2D eigenvalue weighted by molar-refractivity contribution is -0.115. The zero-order chi connectivity index (χ0) is 21.5. The van der Waals surface area contributed by atoms with Gasteiger partial charge in [-0.15, -0.1) is 10.2 Å². The lowest BCUT2D eigenvalue weighted by atomic mass is 10.1. The first-order valence-corrected chi connectivity index (χ1v) is 10.4. The number of hydrogen-bond donors (Lipinski definition) is 1. The van der Waals surface area contributed by atoms with Gasteiger partial charge >= 0.3 is 0 Å². The summed E-state index contributed by atoms with van der Waals surface area (Å²) in [7, 11) is 1.77. The largest absolute Gasteiger partial charge is 0.325 e. The van der Waals surface area contributed by atoms with Crippen LogP contribution in [0.15, 0.2) is 53.7 Å². The Morgan fingerprint density at radius 3 is 2.57 bits per heavy atom. The van der Waals surface area contributed by atoms with E-state index in [0.717, 1.165) is 17.7 Å². The van der Waals surface area contributed by atoms with Gasteiger partial charge in [0, 0.05) is 18.3 Å². The van der Waals surface area contributed by atoms with Crippen molar-refractivity contribution in [3.63, 3.8) is 0 Å². The number of nitrogens with zero attached hydrogens (tertiary/aromatic N) is 4. The summed E-state index contributed by atoms with van der Waals surface area (Å²) in [6, 6.07) is 16.2. The molecule has 1 aromatic heterocycles. The number of aromatic nitrogens is 3. The first kappa shape index (κ1) is 21.3. The van der Waals surface area contributed by atoms with Gasteiger partial charge in [-0.05, 0) is 30.2 Å². The summed E-state index contributed by atoms with van der Waals surface area (Å²) in [6.45, 7) is 2.04. The van der Waals surface area contributed by atoms with E-state index in [-0.39, 0.29) is 23.9 Å². The third-order valence-electron chi connectivity index (χ3n) is 4.58. The van der Waals surface area contributed by atoms with Gasteiger partial charge in [0.1, 0.15) is 5.82 Å². The average molecular weight is 420 g/mol. The molecule has 0 fully saturated rings. The Hall–Kier alpha value is -3.44. The monoisotopic (exact) mass is 419 g/mol. The molecule has 0 atom stereocenters. The van der Waals surface area contributed by atoms with Crippen LogP contribution in [0.3, 0.4) is 0 Å². The van der Waals surface area contributed by atoms with Crippen LogP contribution in [0.5, 0.6) is 0 Å². The molecule has 0 bridgehead atoms. The predicted molar refractivity (Wildman–Crippen MR) is 115 cm³/mol. The number of carbonyl (C=O) groups excluding carboxylic acids is 2. The van der Waals surface area contributed by atoms with Gasteiger partial charge in [0.25, 0.3) is 0 Å². The maximum absolute atomic E-state index is 12.4. The summed E-state index contributed by atoms with van der Waals surface area (Å²) in [4.78, 5) is 24.8. The second-order valence-corrected chi connectivity index (χ2v) is 7.54. The molecule has 1 amide bonds. The third-order valence-corrected chi connectivity index (χ3v) is 5.60. The van der Waals surface area contributed by atoms with Crippen LogP contribution in [0.25, 0.3) is 0 Å². The number of Topliss-reactive ketones (excluding diaryl/α,β-unsaturated/α-hetero) is 1. The minimum absolute atomic E-state index is 0.0667. The van der Waals surface area contributed by atoms with Crippen molar-refractivity contribution in [1.82, 2.24) is 14.8 Å². The Kier molecular flexibility index (Phi) is 6.99. The number of thioether (sulfide) groups is 1. The number of benzene rings is 2. The molecule has 8 heteroatoms. The summed E-state index contributed by atoms with van der Waals surface area (Å²) in [5.74, 6) is 0.475. The number of ketones is 1. The fourth-order valence-corrected chi connectivity index (χ4v) is 3.68. The first-order valence-electron chi connectivity index (χ1n) is 9.44. The highest BCUT2D eigenvalue weighted by molar-refractivity contribution is 7.99. The molecule has 7 nitrogen and oxygen atoms in total. The van der Waals surface area contributed by atoms with Crippen LogP contribution < -0.4 is 5.32 Å². The molecule has 30 heavy (non-hydrogen) atoms. The zero-order valence-electron chi connectivity index (χ0n) is 16.8. The highest BCUT2D eigenvalue weighted by atomic mass is 32.2. The number of nitriles is 1. The summed E-state index contributed by atoms with van der Waals surface area (Å²) in [5.41, 5.74) is 2.92. The molecule has 0 saturated carbocycles. The molecule has 152 valence electrons. The van der Waals surface area contributed by atoms with Crippen molar-refractivity contribution >= 4 is 29.1 Å². The summed E-state index contributed by atoms with van der Waals surface area (Å²) >= 11 is 1.26. The van der Waals surface area contributed by atoms with Crippen molar-refractivity contribution in [3.05, 3.63) is 71.0 Å². The van der Waals surface area contributed by atoms with Crippen molar-refractivity contribution in [2.24, 2.45) is 7.05 Å². The molecule has 0 saturated heterocycles. The second kappa shape index (κ2) is 9.85. The highest BCUT2D eigenvalue weighted by Gasteiger charge is 2.16. The molecule has 0 unspecified atom stereocenters. The maximum atomic E-state index is 12.4. The predicted octanol–water partition coefficient (Wildman–Crippen LogP) is 3.41. The number of rotatable bonds is 8. The number of aryl methyl sites for hydroxylation is 1. The van der Waals surface area contributed by atoms with E-state index < -0.39 is 0 Å². The Morgan fingerprint density at radius 2 is 1.87 bits per heavy atom. The van der Waals surface area contributed by atoms with Gasteiger partial charge in [-0.3, -0.25) is 9.59 Å². The third kappa shape index (κ3) is 5.13. The smallest absolute Gasteiger partial charge is 0.232 e. The van der Waals surface area contributed by atoms with E-state index in [1.165, 1.54) is 11.8 Å². The van der Waals surface area contributed by atoms with Crippen LogP contribution in [0.2, 0.25) is 0 Å². The number of nitrogens with one attached hydrogen (secondary N) is 1.